The van der Waals surface area contributed by atoms with E-state index in [2.05, 4.69) is 0 Å². The van der Waals surface area contributed by atoms with Crippen LogP contribution in [0.4, 0.5) is 0 Å². The highest BCUT2D eigenvalue weighted by molar-refractivity contribution is 5.91. The molecule has 0 aromatic heterocycles. The Morgan fingerprint density at radius 3 is 1.39 bits per heavy atom. The summed E-state index contributed by atoms with van der Waals surface area (Å²) < 4.78 is 10.2. The van der Waals surface area contributed by atoms with Crippen molar-refractivity contribution in [3.05, 3.63) is 20.2 Å². The maximum Gasteiger partial charge on any atom is 0.317 e. The normalized spacial score (nSPS) is 20.5. The van der Waals surface area contributed by atoms with Crippen molar-refractivity contribution in [2.24, 2.45) is 0 Å². The van der Waals surface area contributed by atoms with Gasteiger partial charge in [-0.15, -0.1) is 0 Å². The van der Waals surface area contributed by atoms with Crippen LogP contribution < -0.4 is 0 Å². The lowest BCUT2D eigenvalue weighted by molar-refractivity contribution is -0.505. The highest BCUT2D eigenvalue weighted by atomic mass is 16.6. The number of carbonyl (C=O) groups excluding carboxylic acids is 2. The third-order valence-corrected chi connectivity index (χ3v) is 4.31. The molecule has 2 rings (SSSR count). The minimum atomic E-state index is -1.13. The fraction of sp³-hybridized carbons (Fsp3) is 0.846. The fourth-order valence-electron chi connectivity index (χ4n) is 2.87. The summed E-state index contributed by atoms with van der Waals surface area (Å²) in [6.07, 6.45) is 2.30. The largest absolute Gasteiger partial charge is 0.452 e. The Kier molecular flexibility index (Phi) is 4.81. The Hall–Kier alpha value is -2.26. The molecule has 0 spiro atoms. The van der Waals surface area contributed by atoms with E-state index in [4.69, 9.17) is 9.47 Å². The number of hydrogen-bond acceptors (Lipinski definition) is 8. The second-order valence-corrected chi connectivity index (χ2v) is 6.18. The lowest BCUT2D eigenvalue weighted by Gasteiger charge is -2.38. The van der Waals surface area contributed by atoms with Crippen LogP contribution in [0.3, 0.4) is 0 Å². The molecule has 0 saturated heterocycles. The van der Waals surface area contributed by atoms with Crippen molar-refractivity contribution >= 4 is 11.9 Å². The summed E-state index contributed by atoms with van der Waals surface area (Å²) in [5.74, 6) is -1.79. The van der Waals surface area contributed by atoms with Gasteiger partial charge in [-0.1, -0.05) is 0 Å². The van der Waals surface area contributed by atoms with Crippen LogP contribution in [0.2, 0.25) is 0 Å². The summed E-state index contributed by atoms with van der Waals surface area (Å²) >= 11 is 0. The van der Waals surface area contributed by atoms with Gasteiger partial charge in [-0.05, 0) is 38.5 Å². The SMILES string of the molecule is O=C(CC(=O)OC1(C[N+](=O)[O-])CCC1)OC1(C[N+](=O)[O-])CCC1. The minimum absolute atomic E-state index is 0.389. The van der Waals surface area contributed by atoms with Gasteiger partial charge in [0.2, 0.25) is 13.1 Å². The van der Waals surface area contributed by atoms with Crippen LogP contribution in [-0.2, 0) is 19.1 Å². The summed E-state index contributed by atoms with van der Waals surface area (Å²) in [6.45, 7) is -0.974. The third kappa shape index (κ3) is 4.36. The molecular weight excluding hydrogens is 312 g/mol. The van der Waals surface area contributed by atoms with Gasteiger partial charge in [-0.2, -0.15) is 0 Å². The predicted octanol–water partition coefficient (Wildman–Crippen LogP) is 0.862. The molecule has 2 fully saturated rings. The first-order valence-corrected chi connectivity index (χ1v) is 7.42. The van der Waals surface area contributed by atoms with Crippen LogP contribution in [-0.4, -0.2) is 46.1 Å². The average molecular weight is 330 g/mol. The van der Waals surface area contributed by atoms with E-state index in [-0.39, 0.29) is 0 Å². The van der Waals surface area contributed by atoms with Crippen LogP contribution in [0.1, 0.15) is 44.9 Å². The number of hydrogen-bond donors (Lipinski definition) is 0. The summed E-state index contributed by atoms with van der Waals surface area (Å²) in [6, 6.07) is 0. The van der Waals surface area contributed by atoms with Crippen molar-refractivity contribution in [3.8, 4) is 0 Å². The molecule has 0 aliphatic heterocycles. The van der Waals surface area contributed by atoms with Gasteiger partial charge in [-0.25, -0.2) is 0 Å². The van der Waals surface area contributed by atoms with E-state index in [1.165, 1.54) is 0 Å². The molecule has 10 nitrogen and oxygen atoms in total. The lowest BCUT2D eigenvalue weighted by atomic mass is 9.80. The predicted molar refractivity (Wildman–Crippen MR) is 73.7 cm³/mol. The summed E-state index contributed by atoms with van der Waals surface area (Å²) in [5.41, 5.74) is -2.26. The summed E-state index contributed by atoms with van der Waals surface area (Å²) in [5, 5.41) is 21.2. The molecule has 0 radical (unpaired) electrons. The zero-order valence-electron chi connectivity index (χ0n) is 12.5. The van der Waals surface area contributed by atoms with Crippen LogP contribution in [0.5, 0.6) is 0 Å². The molecule has 0 atom stereocenters. The standard InChI is InChI=1S/C13H18N2O8/c16-10(22-12(3-1-4-12)8-14(18)19)7-11(17)23-13(5-2-6-13)9-15(20)21/h1-9H2. The van der Waals surface area contributed by atoms with Crippen molar-refractivity contribution in [1.82, 2.24) is 0 Å². The number of rotatable bonds is 8. The topological polar surface area (TPSA) is 139 Å². The van der Waals surface area contributed by atoms with E-state index in [1.54, 1.807) is 0 Å². The minimum Gasteiger partial charge on any atom is -0.452 e. The second-order valence-electron chi connectivity index (χ2n) is 6.18. The molecule has 0 unspecified atom stereocenters. The maximum absolute atomic E-state index is 11.8. The van der Waals surface area contributed by atoms with Gasteiger partial charge in [0.1, 0.15) is 6.42 Å². The highest BCUT2D eigenvalue weighted by Crippen LogP contribution is 2.37. The van der Waals surface area contributed by atoms with Crippen LogP contribution in [0.25, 0.3) is 0 Å². The lowest BCUT2D eigenvalue weighted by Crippen LogP contribution is -2.49. The van der Waals surface area contributed by atoms with Gasteiger partial charge >= 0.3 is 11.9 Å². The second kappa shape index (κ2) is 6.47. The Morgan fingerprint density at radius 2 is 1.17 bits per heavy atom. The van der Waals surface area contributed by atoms with E-state index in [0.717, 1.165) is 12.8 Å². The Balaban J connectivity index is 1.83. The van der Waals surface area contributed by atoms with E-state index in [1.807, 2.05) is 0 Å². The molecule has 0 aromatic carbocycles. The number of esters is 2. The molecule has 23 heavy (non-hydrogen) atoms. The molecule has 0 amide bonds. The van der Waals surface area contributed by atoms with Crippen molar-refractivity contribution in [3.63, 3.8) is 0 Å². The van der Waals surface area contributed by atoms with E-state index in [0.29, 0.717) is 25.7 Å². The van der Waals surface area contributed by atoms with Gasteiger partial charge in [0, 0.05) is 9.85 Å². The zero-order chi connectivity index (χ0) is 17.1. The first-order valence-electron chi connectivity index (χ1n) is 7.42. The molecule has 0 heterocycles. The Labute approximate surface area is 131 Å². The van der Waals surface area contributed by atoms with Crippen molar-refractivity contribution in [2.75, 3.05) is 13.1 Å². The van der Waals surface area contributed by atoms with Gasteiger partial charge in [-0.3, -0.25) is 29.8 Å². The summed E-state index contributed by atoms with van der Waals surface area (Å²) in [7, 11) is 0. The van der Waals surface area contributed by atoms with Gasteiger partial charge in [0.15, 0.2) is 11.2 Å². The van der Waals surface area contributed by atoms with Gasteiger partial charge in [0.05, 0.1) is 0 Å². The summed E-state index contributed by atoms with van der Waals surface area (Å²) in [4.78, 5) is 43.7. The van der Waals surface area contributed by atoms with E-state index in [9.17, 15) is 29.8 Å². The Bertz CT molecular complexity index is 478. The molecule has 128 valence electrons. The van der Waals surface area contributed by atoms with Crippen molar-refractivity contribution < 1.29 is 28.9 Å². The highest BCUT2D eigenvalue weighted by Gasteiger charge is 2.48. The van der Waals surface area contributed by atoms with Gasteiger partial charge < -0.3 is 9.47 Å². The average Bonchev–Trinajstić information content (AvgIpc) is 2.31. The molecule has 0 bridgehead atoms. The smallest absolute Gasteiger partial charge is 0.317 e. The quantitative estimate of drug-likeness (QED) is 0.276. The maximum atomic E-state index is 11.8. The van der Waals surface area contributed by atoms with Crippen LogP contribution >= 0.6 is 0 Å². The molecule has 2 aliphatic carbocycles. The number of ether oxygens (including phenoxy) is 2. The van der Waals surface area contributed by atoms with Crippen LogP contribution in [0.15, 0.2) is 0 Å². The number of nitro groups is 2. The van der Waals surface area contributed by atoms with E-state index >= 15 is 0 Å². The molecule has 2 aliphatic rings. The first-order chi connectivity index (χ1) is 10.7. The van der Waals surface area contributed by atoms with Crippen molar-refractivity contribution in [2.45, 2.75) is 56.1 Å². The molecule has 2 saturated carbocycles. The van der Waals surface area contributed by atoms with Gasteiger partial charge in [0.25, 0.3) is 0 Å². The Morgan fingerprint density at radius 1 is 0.826 bits per heavy atom. The van der Waals surface area contributed by atoms with Crippen LogP contribution in [0, 0.1) is 20.2 Å². The van der Waals surface area contributed by atoms with Crippen molar-refractivity contribution in [1.29, 1.82) is 0 Å². The molecule has 0 aromatic rings. The molecular formula is C13H18N2O8. The fourth-order valence-corrected chi connectivity index (χ4v) is 2.87. The zero-order valence-corrected chi connectivity index (χ0v) is 12.5. The third-order valence-electron chi connectivity index (χ3n) is 4.31. The monoisotopic (exact) mass is 330 g/mol. The number of carbonyl (C=O) groups is 2. The van der Waals surface area contributed by atoms with E-state index < -0.39 is 52.5 Å². The number of nitrogens with zero attached hydrogens (tertiary/aromatic N) is 2. The first kappa shape index (κ1) is 17.1. The molecule has 0 N–H and O–H groups in total. The molecule has 10 heteroatoms.